The number of esters is 1. The van der Waals surface area contributed by atoms with E-state index in [0.717, 1.165) is 19.0 Å². The molecule has 3 atom stereocenters. The summed E-state index contributed by atoms with van der Waals surface area (Å²) in [5.41, 5.74) is 0. The molecule has 1 saturated carbocycles. The lowest BCUT2D eigenvalue weighted by atomic mass is 9.81. The quantitative estimate of drug-likeness (QED) is 0.676. The molecule has 0 bridgehead atoms. The summed E-state index contributed by atoms with van der Waals surface area (Å²) in [5.74, 6) is 1.45. The molecule has 0 spiro atoms. The number of nitrogens with one attached hydrogen (secondary N) is 1. The fraction of sp³-hybridized carbons (Fsp3) is 0.909. The van der Waals surface area contributed by atoms with Crippen molar-refractivity contribution >= 4 is 5.97 Å². The molecule has 2 aliphatic rings. The van der Waals surface area contributed by atoms with Gasteiger partial charge in [0.15, 0.2) is 0 Å². The molecule has 0 aromatic heterocycles. The Morgan fingerprint density at radius 1 is 1.43 bits per heavy atom. The second kappa shape index (κ2) is 4.30. The molecule has 1 unspecified atom stereocenters. The first-order chi connectivity index (χ1) is 6.83. The van der Waals surface area contributed by atoms with Crippen LogP contribution in [0.4, 0.5) is 0 Å². The van der Waals surface area contributed by atoms with Crippen LogP contribution in [0.1, 0.15) is 26.2 Å². The summed E-state index contributed by atoms with van der Waals surface area (Å²) in [5, 5.41) is 3.34. The number of ether oxygens (including phenoxy) is 1. The summed E-state index contributed by atoms with van der Waals surface area (Å²) in [6.45, 7) is 4.30. The van der Waals surface area contributed by atoms with Crippen LogP contribution >= 0.6 is 0 Å². The van der Waals surface area contributed by atoms with Crippen LogP contribution in [-0.2, 0) is 9.53 Å². The lowest BCUT2D eigenvalue weighted by molar-refractivity contribution is -0.151. The standard InChI is InChI=1S/C11H19NO2/c1-2-14-11(13)10-7-12-6-8-4-3-5-9(8)10/h8-10,12H,2-7H2,1H3/t8-,9-,10?/m1/s1. The van der Waals surface area contributed by atoms with Gasteiger partial charge in [0.05, 0.1) is 12.5 Å². The molecule has 1 N–H and O–H groups in total. The first-order valence-electron chi connectivity index (χ1n) is 5.70. The van der Waals surface area contributed by atoms with Gasteiger partial charge in [0.1, 0.15) is 0 Å². The van der Waals surface area contributed by atoms with E-state index in [1.54, 1.807) is 0 Å². The van der Waals surface area contributed by atoms with Gasteiger partial charge in [-0.25, -0.2) is 0 Å². The maximum Gasteiger partial charge on any atom is 0.310 e. The second-order valence-electron chi connectivity index (χ2n) is 4.37. The largest absolute Gasteiger partial charge is 0.466 e. The Bertz CT molecular complexity index is 217. The lowest BCUT2D eigenvalue weighted by Crippen LogP contribution is -2.45. The molecule has 0 radical (unpaired) electrons. The maximum atomic E-state index is 11.7. The van der Waals surface area contributed by atoms with Crippen LogP contribution in [0.15, 0.2) is 0 Å². The van der Waals surface area contributed by atoms with E-state index in [9.17, 15) is 4.79 Å². The smallest absolute Gasteiger partial charge is 0.310 e. The molecule has 3 heteroatoms. The van der Waals surface area contributed by atoms with E-state index in [4.69, 9.17) is 4.74 Å². The van der Waals surface area contributed by atoms with Gasteiger partial charge in [0, 0.05) is 6.54 Å². The molecule has 1 aliphatic heterocycles. The molecule has 1 saturated heterocycles. The highest BCUT2D eigenvalue weighted by atomic mass is 16.5. The van der Waals surface area contributed by atoms with E-state index < -0.39 is 0 Å². The number of carbonyl (C=O) groups excluding carboxylic acids is 1. The molecule has 0 amide bonds. The Labute approximate surface area is 85.2 Å². The molecule has 80 valence electrons. The highest BCUT2D eigenvalue weighted by Gasteiger charge is 2.40. The topological polar surface area (TPSA) is 38.3 Å². The van der Waals surface area contributed by atoms with E-state index in [0.29, 0.717) is 12.5 Å². The number of piperidine rings is 1. The third kappa shape index (κ3) is 1.78. The van der Waals surface area contributed by atoms with Crippen molar-refractivity contribution < 1.29 is 9.53 Å². The summed E-state index contributed by atoms with van der Waals surface area (Å²) >= 11 is 0. The average molecular weight is 197 g/mol. The van der Waals surface area contributed by atoms with Crippen LogP contribution in [0, 0.1) is 17.8 Å². The molecular weight excluding hydrogens is 178 g/mol. The van der Waals surface area contributed by atoms with Gasteiger partial charge in [-0.05, 0) is 38.1 Å². The minimum absolute atomic E-state index is 0.0107. The zero-order chi connectivity index (χ0) is 9.97. The Morgan fingerprint density at radius 2 is 2.29 bits per heavy atom. The summed E-state index contributed by atoms with van der Waals surface area (Å²) in [6, 6.07) is 0. The van der Waals surface area contributed by atoms with E-state index >= 15 is 0 Å². The summed E-state index contributed by atoms with van der Waals surface area (Å²) < 4.78 is 5.11. The van der Waals surface area contributed by atoms with Gasteiger partial charge in [-0.15, -0.1) is 0 Å². The van der Waals surface area contributed by atoms with Gasteiger partial charge in [0.2, 0.25) is 0 Å². The Hall–Kier alpha value is -0.570. The molecule has 2 fully saturated rings. The van der Waals surface area contributed by atoms with Crippen molar-refractivity contribution in [2.24, 2.45) is 17.8 Å². The van der Waals surface area contributed by atoms with Crippen LogP contribution in [0.3, 0.4) is 0 Å². The predicted octanol–water partition coefficient (Wildman–Crippen LogP) is 1.19. The van der Waals surface area contributed by atoms with Crippen LogP contribution in [-0.4, -0.2) is 25.7 Å². The minimum atomic E-state index is 0.0107. The predicted molar refractivity (Wildman–Crippen MR) is 53.8 cm³/mol. The molecule has 2 rings (SSSR count). The normalized spacial score (nSPS) is 36.5. The second-order valence-corrected chi connectivity index (χ2v) is 4.37. The van der Waals surface area contributed by atoms with Gasteiger partial charge < -0.3 is 10.1 Å². The number of carbonyl (C=O) groups is 1. The van der Waals surface area contributed by atoms with Crippen molar-refractivity contribution in [2.75, 3.05) is 19.7 Å². The first kappa shape index (κ1) is 9.97. The highest BCUT2D eigenvalue weighted by molar-refractivity contribution is 5.73. The molecular formula is C11H19NO2. The Kier molecular flexibility index (Phi) is 3.06. The SMILES string of the molecule is CCOC(=O)C1CNC[C@H]2CCC[C@@H]12. The maximum absolute atomic E-state index is 11.7. The van der Waals surface area contributed by atoms with Crippen molar-refractivity contribution in [3.05, 3.63) is 0 Å². The van der Waals surface area contributed by atoms with Gasteiger partial charge in [-0.2, -0.15) is 0 Å². The summed E-state index contributed by atoms with van der Waals surface area (Å²) in [6.07, 6.45) is 3.79. The van der Waals surface area contributed by atoms with Crippen molar-refractivity contribution in [1.29, 1.82) is 0 Å². The third-order valence-corrected chi connectivity index (χ3v) is 3.59. The van der Waals surface area contributed by atoms with Crippen LogP contribution in [0.5, 0.6) is 0 Å². The van der Waals surface area contributed by atoms with Crippen LogP contribution in [0.25, 0.3) is 0 Å². The first-order valence-corrected chi connectivity index (χ1v) is 5.70. The zero-order valence-corrected chi connectivity index (χ0v) is 8.79. The Morgan fingerprint density at radius 3 is 3.07 bits per heavy atom. The fourth-order valence-corrected chi connectivity index (χ4v) is 2.93. The molecule has 0 aromatic carbocycles. The fourth-order valence-electron chi connectivity index (χ4n) is 2.93. The van der Waals surface area contributed by atoms with Gasteiger partial charge in [-0.1, -0.05) is 6.42 Å². The van der Waals surface area contributed by atoms with Crippen molar-refractivity contribution in [2.45, 2.75) is 26.2 Å². The monoisotopic (exact) mass is 197 g/mol. The summed E-state index contributed by atoms with van der Waals surface area (Å²) in [4.78, 5) is 11.7. The Balaban J connectivity index is 1.99. The third-order valence-electron chi connectivity index (χ3n) is 3.59. The van der Waals surface area contributed by atoms with Crippen molar-refractivity contribution in [3.63, 3.8) is 0 Å². The highest BCUT2D eigenvalue weighted by Crippen LogP contribution is 2.39. The molecule has 3 nitrogen and oxygen atoms in total. The number of hydrogen-bond acceptors (Lipinski definition) is 3. The molecule has 14 heavy (non-hydrogen) atoms. The molecule has 1 heterocycles. The van der Waals surface area contributed by atoms with E-state index in [1.807, 2.05) is 6.92 Å². The van der Waals surface area contributed by atoms with E-state index in [-0.39, 0.29) is 11.9 Å². The number of fused-ring (bicyclic) bond motifs is 1. The van der Waals surface area contributed by atoms with Crippen LogP contribution in [0.2, 0.25) is 0 Å². The van der Waals surface area contributed by atoms with Gasteiger partial charge in [0.25, 0.3) is 0 Å². The lowest BCUT2D eigenvalue weighted by Gasteiger charge is -2.32. The zero-order valence-electron chi connectivity index (χ0n) is 8.79. The number of rotatable bonds is 2. The minimum Gasteiger partial charge on any atom is -0.466 e. The summed E-state index contributed by atoms with van der Waals surface area (Å²) in [7, 11) is 0. The van der Waals surface area contributed by atoms with Crippen molar-refractivity contribution in [3.8, 4) is 0 Å². The van der Waals surface area contributed by atoms with Crippen molar-refractivity contribution in [1.82, 2.24) is 5.32 Å². The van der Waals surface area contributed by atoms with Gasteiger partial charge in [-0.3, -0.25) is 4.79 Å². The van der Waals surface area contributed by atoms with E-state index in [2.05, 4.69) is 5.32 Å². The van der Waals surface area contributed by atoms with E-state index in [1.165, 1.54) is 19.3 Å². The van der Waals surface area contributed by atoms with Crippen LogP contribution < -0.4 is 5.32 Å². The number of hydrogen-bond donors (Lipinski definition) is 1. The molecule has 1 aliphatic carbocycles. The van der Waals surface area contributed by atoms with Gasteiger partial charge >= 0.3 is 5.97 Å². The molecule has 0 aromatic rings. The average Bonchev–Trinajstić information content (AvgIpc) is 2.65.